The molecule has 4 aromatic rings. The van der Waals surface area contributed by atoms with Crippen molar-refractivity contribution in [1.82, 2.24) is 19.8 Å². The smallest absolute Gasteiger partial charge is 0.318 e. The number of amides is 1. The second-order valence-electron chi connectivity index (χ2n) is 14.4. The molecule has 3 aliphatic heterocycles. The van der Waals surface area contributed by atoms with Gasteiger partial charge in [-0.05, 0) is 86.0 Å². The van der Waals surface area contributed by atoms with Crippen LogP contribution in [0.3, 0.4) is 0 Å². The Labute approximate surface area is 322 Å². The summed E-state index contributed by atoms with van der Waals surface area (Å²) in [6.45, 7) is 12.7. The molecule has 54 heavy (non-hydrogen) atoms. The van der Waals surface area contributed by atoms with Gasteiger partial charge in [0.05, 0.1) is 41.9 Å². The molecule has 3 atom stereocenters. The number of likely N-dealkylation sites (tertiary alicyclic amines) is 1. The molecule has 0 spiro atoms. The zero-order valence-corrected chi connectivity index (χ0v) is 31.5. The van der Waals surface area contributed by atoms with Crippen LogP contribution in [0.2, 0.25) is 5.02 Å². The first kappa shape index (κ1) is 37.4. The van der Waals surface area contributed by atoms with Crippen LogP contribution in [0.25, 0.3) is 16.8 Å². The molecule has 10 nitrogen and oxygen atoms in total. The number of carbonyl (C=O) groups excluding carboxylic acids is 1. The van der Waals surface area contributed by atoms with Crippen LogP contribution in [-0.4, -0.2) is 88.7 Å². The van der Waals surface area contributed by atoms with Crippen molar-refractivity contribution < 1.29 is 14.6 Å². The number of halogens is 1. The van der Waals surface area contributed by atoms with Crippen LogP contribution in [0.1, 0.15) is 60.6 Å². The van der Waals surface area contributed by atoms with Crippen LogP contribution >= 0.6 is 11.6 Å². The lowest BCUT2D eigenvalue weighted by atomic mass is 10.0. The molecular weight excluding hydrogens is 698 g/mol. The molecule has 11 heteroatoms. The van der Waals surface area contributed by atoms with Crippen LogP contribution in [0.5, 0.6) is 6.01 Å². The molecule has 0 radical (unpaired) electrons. The second kappa shape index (κ2) is 17.0. The van der Waals surface area contributed by atoms with Gasteiger partial charge in [-0.2, -0.15) is 15.2 Å². The van der Waals surface area contributed by atoms with Crippen molar-refractivity contribution in [2.45, 2.75) is 63.3 Å². The van der Waals surface area contributed by atoms with Crippen LogP contribution in [0, 0.1) is 11.3 Å². The second-order valence-corrected chi connectivity index (χ2v) is 14.8. The monoisotopic (exact) mass is 745 g/mol. The fourth-order valence-corrected chi connectivity index (χ4v) is 8.57. The highest BCUT2D eigenvalue weighted by Gasteiger charge is 2.34. The number of aliphatic hydroxyl groups excluding tert-OH is 1. The maximum absolute atomic E-state index is 12.7. The Morgan fingerprint density at radius 2 is 1.89 bits per heavy atom. The molecule has 1 unspecified atom stereocenters. The SMILES string of the molecule is C=CC(=O)N1CCN(c2nc(OC[C@@H]3CCCN3CCCC(O)c3cccc(C=C)c3)nc3c2CCN(c2cccc4cccc(Cl)c24)C3)C[C@@H]1CC#N. The van der Waals surface area contributed by atoms with E-state index in [0.717, 1.165) is 90.0 Å². The zero-order chi connectivity index (χ0) is 37.6. The van der Waals surface area contributed by atoms with E-state index in [9.17, 15) is 15.2 Å². The van der Waals surface area contributed by atoms with Crippen molar-refractivity contribution in [1.29, 1.82) is 5.26 Å². The lowest BCUT2D eigenvalue weighted by Gasteiger charge is -2.42. The third-order valence-corrected chi connectivity index (χ3v) is 11.4. The number of hydrogen-bond acceptors (Lipinski definition) is 9. The quantitative estimate of drug-likeness (QED) is 0.145. The molecule has 2 saturated heterocycles. The van der Waals surface area contributed by atoms with Crippen molar-refractivity contribution in [2.75, 3.05) is 55.7 Å². The largest absolute Gasteiger partial charge is 0.462 e. The number of aromatic nitrogens is 2. The Morgan fingerprint density at radius 3 is 2.70 bits per heavy atom. The van der Waals surface area contributed by atoms with E-state index in [2.05, 4.69) is 58.2 Å². The molecule has 0 aliphatic carbocycles. The first-order valence-electron chi connectivity index (χ1n) is 19.0. The molecular formula is C43H48ClN7O3. The Balaban J connectivity index is 1.10. The third-order valence-electron chi connectivity index (χ3n) is 11.1. The molecule has 3 aromatic carbocycles. The molecule has 1 N–H and O–H groups in total. The van der Waals surface area contributed by atoms with E-state index in [-0.39, 0.29) is 24.4 Å². The summed E-state index contributed by atoms with van der Waals surface area (Å²) in [5, 5.41) is 23.4. The molecule has 4 heterocycles. The number of piperazine rings is 1. The number of ether oxygens (including phenoxy) is 1. The molecule has 3 aliphatic rings. The third kappa shape index (κ3) is 8.09. The number of nitrogens with zero attached hydrogens (tertiary/aromatic N) is 7. The maximum atomic E-state index is 12.7. The van der Waals surface area contributed by atoms with E-state index in [0.29, 0.717) is 50.2 Å². The Kier molecular flexibility index (Phi) is 11.8. The summed E-state index contributed by atoms with van der Waals surface area (Å²) in [6, 6.07) is 22.7. The highest BCUT2D eigenvalue weighted by atomic mass is 35.5. The van der Waals surface area contributed by atoms with Crippen molar-refractivity contribution in [2.24, 2.45) is 0 Å². The van der Waals surface area contributed by atoms with Crippen LogP contribution in [0.4, 0.5) is 11.5 Å². The minimum absolute atomic E-state index is 0.162. The Bertz CT molecular complexity index is 2040. The number of anilines is 2. The van der Waals surface area contributed by atoms with Crippen molar-refractivity contribution in [3.05, 3.63) is 107 Å². The zero-order valence-electron chi connectivity index (χ0n) is 30.7. The van der Waals surface area contributed by atoms with Crippen LogP contribution in [0.15, 0.2) is 79.9 Å². The van der Waals surface area contributed by atoms with Gasteiger partial charge >= 0.3 is 6.01 Å². The normalized spacial score (nSPS) is 19.3. The minimum Gasteiger partial charge on any atom is -0.462 e. The first-order valence-corrected chi connectivity index (χ1v) is 19.4. The molecule has 1 aromatic heterocycles. The summed E-state index contributed by atoms with van der Waals surface area (Å²) in [5.74, 6) is 0.655. The molecule has 0 bridgehead atoms. The van der Waals surface area contributed by atoms with E-state index in [1.807, 2.05) is 36.4 Å². The summed E-state index contributed by atoms with van der Waals surface area (Å²) in [4.78, 5) is 31.5. The Hall–Kier alpha value is -4.95. The van der Waals surface area contributed by atoms with E-state index in [4.69, 9.17) is 26.3 Å². The molecule has 1 amide bonds. The maximum Gasteiger partial charge on any atom is 0.318 e. The van der Waals surface area contributed by atoms with E-state index in [1.165, 1.54) is 6.08 Å². The first-order chi connectivity index (χ1) is 26.4. The predicted molar refractivity (Wildman–Crippen MR) is 215 cm³/mol. The average molecular weight is 746 g/mol. The summed E-state index contributed by atoms with van der Waals surface area (Å²) in [7, 11) is 0. The molecule has 0 saturated carbocycles. The van der Waals surface area contributed by atoms with Crippen LogP contribution in [-0.2, 0) is 17.8 Å². The average Bonchev–Trinajstić information content (AvgIpc) is 3.66. The van der Waals surface area contributed by atoms with Gasteiger partial charge in [0.2, 0.25) is 5.91 Å². The van der Waals surface area contributed by atoms with Crippen LogP contribution < -0.4 is 14.5 Å². The number of nitriles is 1. The number of rotatable bonds is 13. The van der Waals surface area contributed by atoms with E-state index < -0.39 is 6.10 Å². The van der Waals surface area contributed by atoms with Gasteiger partial charge in [-0.1, -0.05) is 73.3 Å². The van der Waals surface area contributed by atoms with Gasteiger partial charge in [0, 0.05) is 48.9 Å². The summed E-state index contributed by atoms with van der Waals surface area (Å²) in [6.07, 6.45) is 7.21. The van der Waals surface area contributed by atoms with Gasteiger partial charge in [0.1, 0.15) is 12.4 Å². The molecule has 280 valence electrons. The molecule has 2 fully saturated rings. The summed E-state index contributed by atoms with van der Waals surface area (Å²) < 4.78 is 6.50. The predicted octanol–water partition coefficient (Wildman–Crippen LogP) is 6.96. The fraction of sp³-hybridized carbons (Fsp3) is 0.395. The lowest BCUT2D eigenvalue weighted by Crippen LogP contribution is -2.55. The standard InChI is InChI=1S/C43H48ClN7O3/c1-3-30-10-5-13-32(26-30)39(52)17-9-22-48-21-8-14-34(48)29-54-43-46-37-28-49(38-16-7-12-31-11-6-15-36(44)41(31)38)23-19-35(37)42(47-43)50-24-25-51(40(53)4-2)33(27-50)18-20-45/h3-7,10-13,15-16,26,33-34,39,52H,1-2,8-9,14,17-19,21-25,27-29H2/t33-,34-,39?/m0/s1. The van der Waals surface area contributed by atoms with Gasteiger partial charge in [-0.3, -0.25) is 9.69 Å². The van der Waals surface area contributed by atoms with E-state index in [1.54, 1.807) is 11.0 Å². The van der Waals surface area contributed by atoms with Gasteiger partial charge in [0.15, 0.2) is 0 Å². The van der Waals surface area contributed by atoms with Crippen molar-refractivity contribution >= 4 is 45.9 Å². The van der Waals surface area contributed by atoms with Gasteiger partial charge in [-0.25, -0.2) is 0 Å². The van der Waals surface area contributed by atoms with E-state index >= 15 is 0 Å². The highest BCUT2D eigenvalue weighted by molar-refractivity contribution is 6.36. The number of carbonyl (C=O) groups is 1. The fourth-order valence-electron chi connectivity index (χ4n) is 8.29. The van der Waals surface area contributed by atoms with Crippen molar-refractivity contribution in [3.63, 3.8) is 0 Å². The lowest BCUT2D eigenvalue weighted by molar-refractivity contribution is -0.128. The molecule has 7 rings (SSSR count). The summed E-state index contributed by atoms with van der Waals surface area (Å²) in [5.41, 5.74) is 4.97. The number of hydrogen-bond donors (Lipinski definition) is 1. The van der Waals surface area contributed by atoms with Gasteiger partial charge < -0.3 is 24.5 Å². The minimum atomic E-state index is -0.515. The highest BCUT2D eigenvalue weighted by Crippen LogP contribution is 2.37. The number of aliphatic hydroxyl groups is 1. The van der Waals surface area contributed by atoms with Gasteiger partial charge in [0.25, 0.3) is 0 Å². The van der Waals surface area contributed by atoms with Gasteiger partial charge in [-0.15, -0.1) is 0 Å². The van der Waals surface area contributed by atoms with Crippen molar-refractivity contribution in [3.8, 4) is 12.1 Å². The topological polar surface area (TPSA) is 109 Å². The number of fused-ring (bicyclic) bond motifs is 2. The Morgan fingerprint density at radius 1 is 1.06 bits per heavy atom. The number of benzene rings is 3. The summed E-state index contributed by atoms with van der Waals surface area (Å²) >= 11 is 6.76.